The first-order valence-corrected chi connectivity index (χ1v) is 15.3. The second kappa shape index (κ2) is 13.0. The highest BCUT2D eigenvalue weighted by atomic mass is 19.4. The van der Waals surface area contributed by atoms with Gasteiger partial charge in [0, 0.05) is 36.4 Å². The number of hydrogen-bond donors (Lipinski definition) is 2. The summed E-state index contributed by atoms with van der Waals surface area (Å²) in [4.78, 5) is 44.1. The molecule has 0 aromatic heterocycles. The smallest absolute Gasteiger partial charge is 0.430 e. The number of halogens is 6. The molecule has 2 aliphatic heterocycles. The number of urea groups is 1. The molecule has 262 valence electrons. The van der Waals surface area contributed by atoms with E-state index in [0.29, 0.717) is 29.1 Å². The summed E-state index contributed by atoms with van der Waals surface area (Å²) in [5, 5.41) is 12.6. The molecule has 48 heavy (non-hydrogen) atoms. The number of nitrogens with one attached hydrogen (secondary N) is 1. The van der Waals surface area contributed by atoms with Crippen LogP contribution in [0.25, 0.3) is 6.08 Å². The fourth-order valence-corrected chi connectivity index (χ4v) is 6.07. The van der Waals surface area contributed by atoms with E-state index in [1.807, 2.05) is 13.8 Å². The lowest BCUT2D eigenvalue weighted by Crippen LogP contribution is -2.60. The molecule has 2 aromatic rings. The van der Waals surface area contributed by atoms with Crippen LogP contribution in [0, 0.1) is 0 Å². The van der Waals surface area contributed by atoms with Gasteiger partial charge in [-0.25, -0.2) is 4.79 Å². The minimum Gasteiger partial charge on any atom is -0.491 e. The van der Waals surface area contributed by atoms with Gasteiger partial charge in [-0.05, 0) is 76.9 Å². The summed E-state index contributed by atoms with van der Waals surface area (Å²) in [5.41, 5.74) is -7.15. The summed E-state index contributed by atoms with van der Waals surface area (Å²) in [6, 6.07) is 7.29. The number of carbonyl (C=O) groups is 3. The molecule has 0 radical (unpaired) electrons. The van der Waals surface area contributed by atoms with E-state index < -0.39 is 65.5 Å². The third kappa shape index (κ3) is 6.56. The number of ether oxygens (including phenoxy) is 1. The predicted molar refractivity (Wildman–Crippen MR) is 165 cm³/mol. The monoisotopic (exact) mass is 684 g/mol. The molecule has 3 atom stereocenters. The van der Waals surface area contributed by atoms with Gasteiger partial charge in [-0.2, -0.15) is 26.3 Å². The van der Waals surface area contributed by atoms with Crippen molar-refractivity contribution in [3.8, 4) is 5.75 Å². The van der Waals surface area contributed by atoms with E-state index in [2.05, 4.69) is 5.32 Å². The first-order valence-electron chi connectivity index (χ1n) is 15.3. The second-order valence-electron chi connectivity index (χ2n) is 12.5. The molecule has 0 spiro atoms. The van der Waals surface area contributed by atoms with Gasteiger partial charge in [0.15, 0.2) is 0 Å². The van der Waals surface area contributed by atoms with Crippen molar-refractivity contribution in [3.05, 3.63) is 65.2 Å². The van der Waals surface area contributed by atoms with Gasteiger partial charge < -0.3 is 25.0 Å². The standard InChI is InChI=1S/C33H38F6N4O5/c1-7-9-22-14-24(31(47,32(34,35)36)33(37,38)39)12-13-26(22)41-16-21(5)42(17-20(41)4)27(44)18-43-28(45)30(6,40-29(43)46)23-10-8-11-25(15-23)48-19(2)3/h7-15,19-21,47H,16-18H2,1-6H3,(H,40,46)/t20?,21?,30-/m1/s1. The van der Waals surface area contributed by atoms with Gasteiger partial charge in [0.1, 0.15) is 17.8 Å². The molecular weight excluding hydrogens is 646 g/mol. The van der Waals surface area contributed by atoms with Gasteiger partial charge >= 0.3 is 18.4 Å². The molecule has 2 fully saturated rings. The quantitative estimate of drug-likeness (QED) is 0.273. The van der Waals surface area contributed by atoms with Crippen molar-refractivity contribution in [1.29, 1.82) is 0 Å². The van der Waals surface area contributed by atoms with Crippen LogP contribution in [-0.4, -0.2) is 82.9 Å². The average Bonchev–Trinajstić information content (AvgIpc) is 3.20. The zero-order valence-corrected chi connectivity index (χ0v) is 27.2. The highest BCUT2D eigenvalue weighted by Crippen LogP contribution is 2.50. The third-order valence-electron chi connectivity index (χ3n) is 8.58. The van der Waals surface area contributed by atoms with Crippen molar-refractivity contribution in [1.82, 2.24) is 15.1 Å². The van der Waals surface area contributed by atoms with Crippen LogP contribution in [-0.2, 0) is 20.7 Å². The molecule has 9 nitrogen and oxygen atoms in total. The van der Waals surface area contributed by atoms with Crippen LogP contribution in [0.5, 0.6) is 5.75 Å². The van der Waals surface area contributed by atoms with Crippen LogP contribution < -0.4 is 15.0 Å². The summed E-state index contributed by atoms with van der Waals surface area (Å²) in [7, 11) is 0. The number of allylic oxidation sites excluding steroid dienone is 1. The normalized spacial score (nSPS) is 22.6. The van der Waals surface area contributed by atoms with Crippen molar-refractivity contribution in [2.45, 2.75) is 83.2 Å². The van der Waals surface area contributed by atoms with Gasteiger partial charge in [0.25, 0.3) is 11.5 Å². The molecule has 0 aliphatic carbocycles. The zero-order valence-electron chi connectivity index (χ0n) is 27.2. The Bertz CT molecular complexity index is 1580. The number of imide groups is 1. The lowest BCUT2D eigenvalue weighted by molar-refractivity contribution is -0.376. The van der Waals surface area contributed by atoms with E-state index in [1.165, 1.54) is 30.9 Å². The first-order chi connectivity index (χ1) is 22.1. The van der Waals surface area contributed by atoms with E-state index in [1.54, 1.807) is 43.0 Å². The summed E-state index contributed by atoms with van der Waals surface area (Å²) in [6.45, 7) is 9.83. The van der Waals surface area contributed by atoms with E-state index in [4.69, 9.17) is 4.74 Å². The Morgan fingerprint density at radius 2 is 1.69 bits per heavy atom. The molecule has 2 unspecified atom stereocenters. The van der Waals surface area contributed by atoms with E-state index in [0.717, 1.165) is 11.0 Å². The van der Waals surface area contributed by atoms with Crippen LogP contribution >= 0.6 is 0 Å². The largest absolute Gasteiger partial charge is 0.491 e. The van der Waals surface area contributed by atoms with E-state index >= 15 is 0 Å². The zero-order chi connectivity index (χ0) is 36.0. The predicted octanol–water partition coefficient (Wildman–Crippen LogP) is 5.71. The lowest BCUT2D eigenvalue weighted by Gasteiger charge is -2.46. The Labute approximate surface area is 274 Å². The van der Waals surface area contributed by atoms with Gasteiger partial charge in [0.2, 0.25) is 5.91 Å². The maximum Gasteiger partial charge on any atom is 0.430 e. The van der Waals surface area contributed by atoms with Crippen molar-refractivity contribution >= 4 is 29.6 Å². The minimum atomic E-state index is -6.04. The van der Waals surface area contributed by atoms with Crippen LogP contribution in [0.3, 0.4) is 0 Å². The molecule has 0 saturated carbocycles. The van der Waals surface area contributed by atoms with Gasteiger partial charge in [0.05, 0.1) is 6.10 Å². The van der Waals surface area contributed by atoms with Crippen LogP contribution in [0.2, 0.25) is 0 Å². The van der Waals surface area contributed by atoms with Crippen LogP contribution in [0.1, 0.15) is 58.2 Å². The lowest BCUT2D eigenvalue weighted by atomic mass is 9.89. The van der Waals surface area contributed by atoms with E-state index in [9.17, 15) is 45.8 Å². The Balaban J connectivity index is 1.54. The Morgan fingerprint density at radius 3 is 2.27 bits per heavy atom. The number of benzene rings is 2. The summed E-state index contributed by atoms with van der Waals surface area (Å²) in [5.74, 6) is -0.650. The maximum absolute atomic E-state index is 13.6. The number of hydrogen-bond acceptors (Lipinski definition) is 6. The number of alkyl halides is 6. The summed E-state index contributed by atoms with van der Waals surface area (Å²) >= 11 is 0. The maximum atomic E-state index is 13.6. The third-order valence-corrected chi connectivity index (χ3v) is 8.58. The number of carbonyl (C=O) groups excluding carboxylic acids is 3. The summed E-state index contributed by atoms with van der Waals surface area (Å²) < 4.78 is 87.2. The molecule has 0 bridgehead atoms. The van der Waals surface area contributed by atoms with Crippen molar-refractivity contribution in [3.63, 3.8) is 0 Å². The number of nitrogens with zero attached hydrogens (tertiary/aromatic N) is 3. The van der Waals surface area contributed by atoms with Gasteiger partial charge in [-0.1, -0.05) is 30.4 Å². The number of rotatable bonds is 8. The summed E-state index contributed by atoms with van der Waals surface area (Å²) in [6.07, 6.45) is -9.43. The topological polar surface area (TPSA) is 102 Å². The van der Waals surface area contributed by atoms with Gasteiger partial charge in [-0.15, -0.1) is 0 Å². The van der Waals surface area contributed by atoms with E-state index in [-0.39, 0.29) is 24.8 Å². The molecule has 4 rings (SSSR count). The van der Waals surface area contributed by atoms with Crippen LogP contribution in [0.15, 0.2) is 48.5 Å². The fraction of sp³-hybridized carbons (Fsp3) is 0.485. The second-order valence-corrected chi connectivity index (χ2v) is 12.5. The first kappa shape index (κ1) is 36.6. The van der Waals surface area contributed by atoms with Crippen molar-refractivity contribution in [2.24, 2.45) is 0 Å². The Kier molecular flexibility index (Phi) is 9.88. The number of amides is 4. The molecule has 2 N–H and O–H groups in total. The molecule has 2 aliphatic rings. The highest BCUT2D eigenvalue weighted by Gasteiger charge is 2.71. The Morgan fingerprint density at radius 1 is 1.04 bits per heavy atom. The Hall–Kier alpha value is -4.27. The number of anilines is 1. The van der Waals surface area contributed by atoms with Gasteiger partial charge in [-0.3, -0.25) is 14.5 Å². The molecule has 2 saturated heterocycles. The van der Waals surface area contributed by atoms with Crippen LogP contribution in [0.4, 0.5) is 36.8 Å². The van der Waals surface area contributed by atoms with Crippen molar-refractivity contribution in [2.75, 3.05) is 24.5 Å². The SMILES string of the molecule is CC=Cc1cc(C(O)(C(F)(F)F)C(F)(F)F)ccc1N1CC(C)N(C(=O)CN2C(=O)N[C@](C)(c3cccc(OC(C)C)c3)C2=O)CC1C. The molecule has 2 aromatic carbocycles. The molecule has 4 amide bonds. The minimum absolute atomic E-state index is 0.00207. The molecule has 2 heterocycles. The van der Waals surface area contributed by atoms with Crippen molar-refractivity contribution < 1.29 is 50.6 Å². The molecule has 15 heteroatoms. The fourth-order valence-electron chi connectivity index (χ4n) is 6.07. The highest BCUT2D eigenvalue weighted by molar-refractivity contribution is 6.09. The number of aliphatic hydroxyl groups is 1. The molecular formula is C33H38F6N4O5. The average molecular weight is 685 g/mol. The number of piperazine rings is 1.